The van der Waals surface area contributed by atoms with Gasteiger partial charge in [0.15, 0.2) is 5.13 Å². The standard InChI is InChI=1S/C24H22N4O5S/c1-33-19-10-5-4-9-18(19)26-21(30)13-15-14-34-24(25-15)27-20(29)11-6-12-28-22(31)16-7-2-3-8-17(16)23(28)32/h2-5,7-10,14H,6,11-13H2,1H3,(H,26,30)(H,25,27,29). The molecular weight excluding hydrogens is 456 g/mol. The van der Waals surface area contributed by atoms with Crippen molar-refractivity contribution in [1.29, 1.82) is 0 Å². The van der Waals surface area contributed by atoms with E-state index in [-0.39, 0.29) is 43.0 Å². The molecule has 4 rings (SSSR count). The summed E-state index contributed by atoms with van der Waals surface area (Å²) in [5.74, 6) is -0.651. The van der Waals surface area contributed by atoms with E-state index in [4.69, 9.17) is 4.74 Å². The lowest BCUT2D eigenvalue weighted by molar-refractivity contribution is -0.116. The van der Waals surface area contributed by atoms with Crippen LogP contribution < -0.4 is 15.4 Å². The summed E-state index contributed by atoms with van der Waals surface area (Å²) in [6.07, 6.45) is 0.498. The maximum Gasteiger partial charge on any atom is 0.261 e. The first-order valence-corrected chi connectivity index (χ1v) is 11.5. The van der Waals surface area contributed by atoms with Gasteiger partial charge in [0, 0.05) is 18.3 Å². The van der Waals surface area contributed by atoms with Crippen molar-refractivity contribution in [3.63, 3.8) is 0 Å². The number of fused-ring (bicyclic) bond motifs is 1. The first-order valence-electron chi connectivity index (χ1n) is 10.6. The largest absolute Gasteiger partial charge is 0.495 e. The third kappa shape index (κ3) is 5.12. The molecule has 1 aliphatic rings. The van der Waals surface area contributed by atoms with Crippen LogP contribution in [0.25, 0.3) is 0 Å². The Labute approximate surface area is 199 Å². The number of thiazole rings is 1. The number of hydrogen-bond donors (Lipinski definition) is 2. The minimum atomic E-state index is -0.336. The molecule has 2 aromatic carbocycles. The van der Waals surface area contributed by atoms with Crippen LogP contribution in [0, 0.1) is 0 Å². The Balaban J connectivity index is 1.23. The SMILES string of the molecule is COc1ccccc1NC(=O)Cc1csc(NC(=O)CCCN2C(=O)c3ccccc3C2=O)n1. The molecule has 0 radical (unpaired) electrons. The second-order valence-electron chi connectivity index (χ2n) is 7.53. The third-order valence-electron chi connectivity index (χ3n) is 5.18. The van der Waals surface area contributed by atoms with Gasteiger partial charge in [0.2, 0.25) is 11.8 Å². The summed E-state index contributed by atoms with van der Waals surface area (Å²) in [5.41, 5.74) is 1.87. The maximum atomic E-state index is 12.4. The molecule has 1 aromatic heterocycles. The summed E-state index contributed by atoms with van der Waals surface area (Å²) >= 11 is 1.22. The molecule has 1 aliphatic heterocycles. The van der Waals surface area contributed by atoms with Crippen molar-refractivity contribution in [2.45, 2.75) is 19.3 Å². The van der Waals surface area contributed by atoms with Crippen LogP contribution in [-0.4, -0.2) is 47.2 Å². The third-order valence-corrected chi connectivity index (χ3v) is 5.99. The average molecular weight is 479 g/mol. The van der Waals surface area contributed by atoms with E-state index in [1.165, 1.54) is 23.3 Å². The highest BCUT2D eigenvalue weighted by atomic mass is 32.1. The lowest BCUT2D eigenvalue weighted by atomic mass is 10.1. The van der Waals surface area contributed by atoms with Crippen molar-refractivity contribution in [3.05, 3.63) is 70.7 Å². The van der Waals surface area contributed by atoms with Crippen molar-refractivity contribution in [3.8, 4) is 5.75 Å². The van der Waals surface area contributed by atoms with Crippen LogP contribution in [0.1, 0.15) is 39.3 Å². The van der Waals surface area contributed by atoms with Crippen LogP contribution >= 0.6 is 11.3 Å². The Morgan fingerprint density at radius 3 is 2.35 bits per heavy atom. The van der Waals surface area contributed by atoms with Gasteiger partial charge in [-0.1, -0.05) is 24.3 Å². The fourth-order valence-corrected chi connectivity index (χ4v) is 4.30. The molecule has 0 saturated carbocycles. The molecule has 34 heavy (non-hydrogen) atoms. The number of carbonyl (C=O) groups excluding carboxylic acids is 4. The molecular formula is C24H22N4O5S. The van der Waals surface area contributed by atoms with Gasteiger partial charge < -0.3 is 15.4 Å². The predicted octanol–water partition coefficient (Wildman–Crippen LogP) is 3.35. The quantitative estimate of drug-likeness (QED) is 0.456. The van der Waals surface area contributed by atoms with Gasteiger partial charge in [-0.05, 0) is 30.7 Å². The highest BCUT2D eigenvalue weighted by molar-refractivity contribution is 7.13. The fraction of sp³-hybridized carbons (Fsp3) is 0.208. The predicted molar refractivity (Wildman–Crippen MR) is 127 cm³/mol. The highest BCUT2D eigenvalue weighted by Crippen LogP contribution is 2.24. The Hall–Kier alpha value is -4.05. The van der Waals surface area contributed by atoms with Gasteiger partial charge in [0.05, 0.1) is 36.0 Å². The highest BCUT2D eigenvalue weighted by Gasteiger charge is 2.34. The lowest BCUT2D eigenvalue weighted by Crippen LogP contribution is -2.31. The van der Waals surface area contributed by atoms with Crippen LogP contribution in [0.3, 0.4) is 0 Å². The van der Waals surface area contributed by atoms with E-state index in [1.54, 1.807) is 47.8 Å². The average Bonchev–Trinajstić information content (AvgIpc) is 3.36. The van der Waals surface area contributed by atoms with Gasteiger partial charge in [0.25, 0.3) is 11.8 Å². The first kappa shape index (κ1) is 23.1. The van der Waals surface area contributed by atoms with Gasteiger partial charge in [-0.3, -0.25) is 24.1 Å². The molecule has 0 bridgehead atoms. The van der Waals surface area contributed by atoms with Gasteiger partial charge >= 0.3 is 0 Å². The summed E-state index contributed by atoms with van der Waals surface area (Å²) < 4.78 is 5.22. The van der Waals surface area contributed by atoms with E-state index >= 15 is 0 Å². The van der Waals surface area contributed by atoms with Crippen LogP contribution in [0.2, 0.25) is 0 Å². The number of nitrogens with zero attached hydrogens (tertiary/aromatic N) is 2. The second kappa shape index (κ2) is 10.3. The maximum absolute atomic E-state index is 12.4. The molecule has 0 aliphatic carbocycles. The van der Waals surface area contributed by atoms with E-state index in [0.717, 1.165) is 0 Å². The zero-order valence-corrected chi connectivity index (χ0v) is 19.2. The number of rotatable bonds is 9. The number of para-hydroxylation sites is 2. The van der Waals surface area contributed by atoms with Gasteiger partial charge in [-0.15, -0.1) is 11.3 Å². The van der Waals surface area contributed by atoms with Crippen molar-refractivity contribution in [2.75, 3.05) is 24.3 Å². The van der Waals surface area contributed by atoms with E-state index in [0.29, 0.717) is 39.8 Å². The minimum absolute atomic E-state index is 0.0458. The van der Waals surface area contributed by atoms with Crippen LogP contribution in [0.5, 0.6) is 5.75 Å². The molecule has 2 heterocycles. The summed E-state index contributed by atoms with van der Waals surface area (Å²) in [7, 11) is 1.53. The molecule has 2 N–H and O–H groups in total. The Morgan fingerprint density at radius 1 is 0.971 bits per heavy atom. The topological polar surface area (TPSA) is 118 Å². The number of carbonyl (C=O) groups is 4. The summed E-state index contributed by atoms with van der Waals surface area (Å²) in [6.45, 7) is 0.159. The molecule has 0 fully saturated rings. The molecule has 174 valence electrons. The van der Waals surface area contributed by atoms with E-state index in [2.05, 4.69) is 15.6 Å². The number of benzene rings is 2. The lowest BCUT2D eigenvalue weighted by Gasteiger charge is -2.13. The normalized spacial score (nSPS) is 12.4. The number of nitrogens with one attached hydrogen (secondary N) is 2. The second-order valence-corrected chi connectivity index (χ2v) is 8.39. The molecule has 0 saturated heterocycles. The van der Waals surface area contributed by atoms with Gasteiger partial charge in [-0.25, -0.2) is 4.98 Å². The Kier molecular flexibility index (Phi) is 6.98. The zero-order chi connectivity index (χ0) is 24.1. The Morgan fingerprint density at radius 2 is 1.65 bits per heavy atom. The number of hydrogen-bond acceptors (Lipinski definition) is 7. The molecule has 10 heteroatoms. The van der Waals surface area contributed by atoms with Crippen molar-refractivity contribution in [2.24, 2.45) is 0 Å². The number of anilines is 2. The minimum Gasteiger partial charge on any atom is -0.495 e. The van der Waals surface area contributed by atoms with Gasteiger partial charge in [-0.2, -0.15) is 0 Å². The summed E-state index contributed by atoms with van der Waals surface area (Å²) in [4.78, 5) is 54.8. The van der Waals surface area contributed by atoms with E-state index < -0.39 is 0 Å². The molecule has 4 amide bonds. The summed E-state index contributed by atoms with van der Waals surface area (Å²) in [6, 6.07) is 13.8. The first-order chi connectivity index (χ1) is 16.5. The number of imide groups is 1. The van der Waals surface area contributed by atoms with E-state index in [9.17, 15) is 19.2 Å². The summed E-state index contributed by atoms with van der Waals surface area (Å²) in [5, 5.41) is 7.56. The van der Waals surface area contributed by atoms with E-state index in [1.807, 2.05) is 6.07 Å². The molecule has 0 spiro atoms. The van der Waals surface area contributed by atoms with Crippen molar-refractivity contribution >= 4 is 45.8 Å². The fourth-order valence-electron chi connectivity index (χ4n) is 3.57. The molecule has 0 atom stereocenters. The van der Waals surface area contributed by atoms with Crippen molar-refractivity contribution < 1.29 is 23.9 Å². The molecule has 0 unspecified atom stereocenters. The number of ether oxygens (including phenoxy) is 1. The van der Waals surface area contributed by atoms with Crippen LogP contribution in [-0.2, 0) is 16.0 Å². The number of amides is 4. The molecule has 3 aromatic rings. The van der Waals surface area contributed by atoms with Gasteiger partial charge in [0.1, 0.15) is 5.75 Å². The monoisotopic (exact) mass is 478 g/mol. The number of methoxy groups -OCH3 is 1. The van der Waals surface area contributed by atoms with Crippen molar-refractivity contribution in [1.82, 2.24) is 9.88 Å². The Bertz CT molecular complexity index is 1220. The smallest absolute Gasteiger partial charge is 0.261 e. The van der Waals surface area contributed by atoms with Crippen LogP contribution in [0.4, 0.5) is 10.8 Å². The number of aromatic nitrogens is 1. The van der Waals surface area contributed by atoms with Crippen LogP contribution in [0.15, 0.2) is 53.9 Å². The zero-order valence-electron chi connectivity index (χ0n) is 18.4. The molecule has 9 nitrogen and oxygen atoms in total.